The molecule has 1 saturated heterocycles. The molecular formula is C15H30N2O2. The fourth-order valence-electron chi connectivity index (χ4n) is 3.12. The van der Waals surface area contributed by atoms with Crippen molar-refractivity contribution in [2.24, 2.45) is 5.92 Å². The summed E-state index contributed by atoms with van der Waals surface area (Å²) in [6, 6.07) is 0.875. The summed E-state index contributed by atoms with van der Waals surface area (Å²) >= 11 is 0. The number of morpholine rings is 1. The second-order valence-electron chi connectivity index (χ2n) is 6.65. The van der Waals surface area contributed by atoms with Crippen molar-refractivity contribution in [2.75, 3.05) is 26.3 Å². The number of hydrogen-bond acceptors (Lipinski definition) is 4. The normalized spacial score (nSPS) is 38.1. The Bertz CT molecular complexity index is 259. The van der Waals surface area contributed by atoms with Crippen LogP contribution in [0.15, 0.2) is 0 Å². The van der Waals surface area contributed by atoms with Crippen molar-refractivity contribution in [3.8, 4) is 0 Å². The van der Waals surface area contributed by atoms with E-state index in [1.165, 1.54) is 0 Å². The smallest absolute Gasteiger partial charge is 0.0771 e. The average molecular weight is 270 g/mol. The summed E-state index contributed by atoms with van der Waals surface area (Å²) in [6.07, 6.45) is 5.26. The van der Waals surface area contributed by atoms with Crippen LogP contribution in [0.2, 0.25) is 0 Å². The van der Waals surface area contributed by atoms with Gasteiger partial charge in [0, 0.05) is 25.2 Å². The molecule has 0 aromatic carbocycles. The van der Waals surface area contributed by atoms with Gasteiger partial charge in [-0.15, -0.1) is 0 Å². The molecule has 0 bridgehead atoms. The summed E-state index contributed by atoms with van der Waals surface area (Å²) < 4.78 is 5.47. The molecule has 2 unspecified atom stereocenters. The van der Waals surface area contributed by atoms with Crippen LogP contribution < -0.4 is 10.6 Å². The van der Waals surface area contributed by atoms with Gasteiger partial charge >= 0.3 is 0 Å². The van der Waals surface area contributed by atoms with E-state index < -0.39 is 5.60 Å². The fourth-order valence-corrected chi connectivity index (χ4v) is 3.12. The van der Waals surface area contributed by atoms with Crippen molar-refractivity contribution in [3.63, 3.8) is 0 Å². The van der Waals surface area contributed by atoms with E-state index in [4.69, 9.17) is 4.74 Å². The molecule has 0 spiro atoms. The molecule has 112 valence electrons. The molecule has 2 rings (SSSR count). The molecule has 19 heavy (non-hydrogen) atoms. The zero-order valence-electron chi connectivity index (χ0n) is 12.5. The van der Waals surface area contributed by atoms with Crippen LogP contribution in [-0.4, -0.2) is 49.1 Å². The SMILES string of the molecule is CC1CCC(O)(CNC(C)CC2COCCN2)CC1. The van der Waals surface area contributed by atoms with Gasteiger partial charge in [0.1, 0.15) is 0 Å². The Morgan fingerprint density at radius 3 is 2.79 bits per heavy atom. The molecule has 1 aliphatic carbocycles. The maximum absolute atomic E-state index is 10.5. The van der Waals surface area contributed by atoms with E-state index in [2.05, 4.69) is 24.5 Å². The Morgan fingerprint density at radius 2 is 2.16 bits per heavy atom. The van der Waals surface area contributed by atoms with Gasteiger partial charge in [0.25, 0.3) is 0 Å². The maximum atomic E-state index is 10.5. The highest BCUT2D eigenvalue weighted by molar-refractivity contribution is 4.87. The highest BCUT2D eigenvalue weighted by Gasteiger charge is 2.31. The molecular weight excluding hydrogens is 240 g/mol. The number of aliphatic hydroxyl groups is 1. The van der Waals surface area contributed by atoms with Gasteiger partial charge in [-0.1, -0.05) is 6.92 Å². The molecule has 1 aliphatic heterocycles. The lowest BCUT2D eigenvalue weighted by Gasteiger charge is -2.36. The number of nitrogens with one attached hydrogen (secondary N) is 2. The Labute approximate surface area is 117 Å². The minimum atomic E-state index is -0.475. The van der Waals surface area contributed by atoms with Gasteiger partial charge in [-0.2, -0.15) is 0 Å². The molecule has 3 N–H and O–H groups in total. The number of ether oxygens (including phenoxy) is 1. The predicted molar refractivity (Wildman–Crippen MR) is 77.3 cm³/mol. The Kier molecular flexibility index (Phi) is 5.63. The topological polar surface area (TPSA) is 53.5 Å². The number of hydrogen-bond donors (Lipinski definition) is 3. The van der Waals surface area contributed by atoms with Crippen molar-refractivity contribution in [2.45, 2.75) is 63.6 Å². The summed E-state index contributed by atoms with van der Waals surface area (Å²) in [7, 11) is 0. The maximum Gasteiger partial charge on any atom is 0.0771 e. The van der Waals surface area contributed by atoms with Gasteiger partial charge in [-0.3, -0.25) is 0 Å². The highest BCUT2D eigenvalue weighted by Crippen LogP contribution is 2.31. The molecule has 1 heterocycles. The van der Waals surface area contributed by atoms with E-state index >= 15 is 0 Å². The summed E-state index contributed by atoms with van der Waals surface area (Å²) in [5.41, 5.74) is -0.475. The quantitative estimate of drug-likeness (QED) is 0.704. The summed E-state index contributed by atoms with van der Waals surface area (Å²) in [5, 5.41) is 17.5. The van der Waals surface area contributed by atoms with Gasteiger partial charge in [-0.05, 0) is 44.9 Å². The van der Waals surface area contributed by atoms with Gasteiger partial charge in [0.15, 0.2) is 0 Å². The van der Waals surface area contributed by atoms with Crippen LogP contribution in [0.1, 0.15) is 46.0 Å². The predicted octanol–water partition coefficient (Wildman–Crippen LogP) is 1.28. The first-order chi connectivity index (χ1) is 9.07. The van der Waals surface area contributed by atoms with E-state index in [0.717, 1.165) is 64.3 Å². The van der Waals surface area contributed by atoms with Crippen molar-refractivity contribution in [3.05, 3.63) is 0 Å². The van der Waals surface area contributed by atoms with E-state index in [1.807, 2.05) is 0 Å². The minimum Gasteiger partial charge on any atom is -0.389 e. The third kappa shape index (κ3) is 5.03. The summed E-state index contributed by atoms with van der Waals surface area (Å²) in [6.45, 7) is 7.81. The standard InChI is InChI=1S/C15H30N2O2/c1-12-3-5-15(18,6-4-12)11-17-13(2)9-14-10-19-8-7-16-14/h12-14,16-18H,3-11H2,1-2H3. The third-order valence-corrected chi connectivity index (χ3v) is 4.62. The zero-order chi connectivity index (χ0) is 13.7. The molecule has 0 amide bonds. The molecule has 0 aromatic heterocycles. The largest absolute Gasteiger partial charge is 0.389 e. The first-order valence-corrected chi connectivity index (χ1v) is 7.84. The molecule has 4 heteroatoms. The molecule has 0 radical (unpaired) electrons. The van der Waals surface area contributed by atoms with E-state index in [0.29, 0.717) is 12.1 Å². The monoisotopic (exact) mass is 270 g/mol. The number of rotatable bonds is 5. The van der Waals surface area contributed by atoms with Crippen molar-refractivity contribution in [1.29, 1.82) is 0 Å². The molecule has 4 nitrogen and oxygen atoms in total. The molecule has 2 fully saturated rings. The van der Waals surface area contributed by atoms with Gasteiger partial charge in [0.05, 0.1) is 18.8 Å². The molecule has 2 atom stereocenters. The van der Waals surface area contributed by atoms with Crippen LogP contribution in [0.5, 0.6) is 0 Å². The Hall–Kier alpha value is -0.160. The van der Waals surface area contributed by atoms with Crippen LogP contribution in [0.25, 0.3) is 0 Å². The lowest BCUT2D eigenvalue weighted by Crippen LogP contribution is -2.49. The van der Waals surface area contributed by atoms with Crippen molar-refractivity contribution in [1.82, 2.24) is 10.6 Å². The van der Waals surface area contributed by atoms with Crippen LogP contribution in [0.4, 0.5) is 0 Å². The first kappa shape index (κ1) is 15.2. The lowest BCUT2D eigenvalue weighted by atomic mass is 9.79. The highest BCUT2D eigenvalue weighted by atomic mass is 16.5. The van der Waals surface area contributed by atoms with Crippen molar-refractivity contribution < 1.29 is 9.84 Å². The van der Waals surface area contributed by atoms with Gasteiger partial charge in [0.2, 0.25) is 0 Å². The van der Waals surface area contributed by atoms with E-state index in [9.17, 15) is 5.11 Å². The van der Waals surface area contributed by atoms with Crippen LogP contribution >= 0.6 is 0 Å². The third-order valence-electron chi connectivity index (χ3n) is 4.62. The Morgan fingerprint density at radius 1 is 1.42 bits per heavy atom. The van der Waals surface area contributed by atoms with Crippen LogP contribution in [0.3, 0.4) is 0 Å². The summed E-state index contributed by atoms with van der Waals surface area (Å²) in [5.74, 6) is 0.779. The zero-order valence-corrected chi connectivity index (χ0v) is 12.5. The first-order valence-electron chi connectivity index (χ1n) is 7.84. The second kappa shape index (κ2) is 7.02. The molecule has 1 saturated carbocycles. The molecule has 0 aromatic rings. The van der Waals surface area contributed by atoms with E-state index in [-0.39, 0.29) is 0 Å². The van der Waals surface area contributed by atoms with Crippen LogP contribution in [-0.2, 0) is 4.74 Å². The van der Waals surface area contributed by atoms with Crippen molar-refractivity contribution >= 4 is 0 Å². The fraction of sp³-hybridized carbons (Fsp3) is 1.00. The lowest BCUT2D eigenvalue weighted by molar-refractivity contribution is -0.00875. The average Bonchev–Trinajstić information content (AvgIpc) is 2.42. The summed E-state index contributed by atoms with van der Waals surface area (Å²) in [4.78, 5) is 0. The van der Waals surface area contributed by atoms with Gasteiger partial charge < -0.3 is 20.5 Å². The van der Waals surface area contributed by atoms with Gasteiger partial charge in [-0.25, -0.2) is 0 Å². The minimum absolute atomic E-state index is 0.419. The van der Waals surface area contributed by atoms with Crippen LogP contribution in [0, 0.1) is 5.92 Å². The molecule has 2 aliphatic rings. The van der Waals surface area contributed by atoms with E-state index in [1.54, 1.807) is 0 Å². The second-order valence-corrected chi connectivity index (χ2v) is 6.65. The Balaban J connectivity index is 1.66.